The van der Waals surface area contributed by atoms with Gasteiger partial charge in [-0.05, 0) is 29.8 Å². The van der Waals surface area contributed by atoms with Gasteiger partial charge in [-0.1, -0.05) is 41.4 Å². The number of carbonyl (C=O) groups excluding carboxylic acids is 1. The number of rotatable bonds is 3. The first kappa shape index (κ1) is 17.0. The molecule has 0 fully saturated rings. The van der Waals surface area contributed by atoms with Crippen molar-refractivity contribution in [2.45, 2.75) is 6.17 Å². The molecule has 0 bridgehead atoms. The predicted octanol–water partition coefficient (Wildman–Crippen LogP) is 3.02. The summed E-state index contributed by atoms with van der Waals surface area (Å²) < 4.78 is 23.3. The molecule has 3 rings (SSSR count). The highest BCUT2D eigenvalue weighted by Gasteiger charge is 2.34. The van der Waals surface area contributed by atoms with E-state index in [0.717, 1.165) is 11.3 Å². The summed E-state index contributed by atoms with van der Waals surface area (Å²) >= 11 is 12.0. The van der Waals surface area contributed by atoms with E-state index in [1.54, 1.807) is 42.5 Å². The van der Waals surface area contributed by atoms with Crippen LogP contribution in [0.15, 0.2) is 42.5 Å². The molecule has 1 heterocycles. The van der Waals surface area contributed by atoms with Gasteiger partial charge in [-0.2, -0.15) is 0 Å². The first-order valence-corrected chi connectivity index (χ1v) is 9.52. The number of sulfonamides is 1. The summed E-state index contributed by atoms with van der Waals surface area (Å²) in [5.74, 6) is -0.467. The molecular formula is C15H13Cl2N3O3S. The third-order valence-corrected chi connectivity index (χ3v) is 4.72. The summed E-state index contributed by atoms with van der Waals surface area (Å²) in [6.07, 6.45) is 0.212. The van der Waals surface area contributed by atoms with Crippen LogP contribution in [-0.2, 0) is 10.0 Å². The highest BCUT2D eigenvalue weighted by Crippen LogP contribution is 2.34. The zero-order chi connectivity index (χ0) is 17.5. The molecule has 0 aromatic heterocycles. The minimum atomic E-state index is -3.66. The van der Waals surface area contributed by atoms with Crippen molar-refractivity contribution in [2.24, 2.45) is 0 Å². The lowest BCUT2D eigenvalue weighted by atomic mass is 10.1. The molecule has 9 heteroatoms. The second-order valence-electron chi connectivity index (χ2n) is 5.30. The van der Waals surface area contributed by atoms with Crippen LogP contribution in [0.25, 0.3) is 0 Å². The normalized spacial score (nSPS) is 17.4. The zero-order valence-electron chi connectivity index (χ0n) is 12.5. The van der Waals surface area contributed by atoms with E-state index < -0.39 is 22.1 Å². The van der Waals surface area contributed by atoms with Gasteiger partial charge >= 0.3 is 0 Å². The number of fused-ring (bicyclic) bond motifs is 1. The molecule has 126 valence electrons. The summed E-state index contributed by atoms with van der Waals surface area (Å²) in [5, 5.41) is 4.84. The van der Waals surface area contributed by atoms with Crippen LogP contribution >= 0.6 is 23.2 Å². The third-order valence-electron chi connectivity index (χ3n) is 3.45. The van der Waals surface area contributed by atoms with Crippen LogP contribution in [0.3, 0.4) is 0 Å². The van der Waals surface area contributed by atoms with Crippen molar-refractivity contribution in [2.75, 3.05) is 11.6 Å². The summed E-state index contributed by atoms with van der Waals surface area (Å²) in [6.45, 7) is 0. The Bertz CT molecular complexity index is 918. The molecule has 2 aromatic rings. The van der Waals surface area contributed by atoms with E-state index in [1.165, 1.54) is 0 Å². The van der Waals surface area contributed by atoms with Crippen LogP contribution < -0.4 is 10.1 Å². The first-order chi connectivity index (χ1) is 11.3. The van der Waals surface area contributed by atoms with Crippen LogP contribution in [0.5, 0.6) is 0 Å². The lowest BCUT2D eigenvalue weighted by molar-refractivity contribution is 0.0633. The standard InChI is InChI=1S/C15H13Cl2N3O3S/c1-24(22,23)19-20-14(9-6-7-11(16)12(17)8-9)18-13-5-3-2-4-10(13)15(20)21/h2-8,14,18-19H,1H3/t14-/m0/s1. The Labute approximate surface area is 149 Å². The van der Waals surface area contributed by atoms with E-state index in [9.17, 15) is 13.2 Å². The van der Waals surface area contributed by atoms with Crippen LogP contribution in [0, 0.1) is 0 Å². The average molecular weight is 386 g/mol. The number of hydrogen-bond donors (Lipinski definition) is 2. The SMILES string of the molecule is CS(=O)(=O)NN1C(=O)c2ccccc2N[C@@H]1c1ccc(Cl)c(Cl)c1. The maximum absolute atomic E-state index is 12.7. The molecule has 0 aliphatic carbocycles. The third kappa shape index (κ3) is 3.34. The van der Waals surface area contributed by atoms with Crippen molar-refractivity contribution in [1.29, 1.82) is 0 Å². The molecular weight excluding hydrogens is 373 g/mol. The fraction of sp³-hybridized carbons (Fsp3) is 0.133. The zero-order valence-corrected chi connectivity index (χ0v) is 14.8. The minimum Gasteiger partial charge on any atom is -0.360 e. The maximum Gasteiger partial charge on any atom is 0.273 e. The average Bonchev–Trinajstić information content (AvgIpc) is 2.52. The van der Waals surface area contributed by atoms with Gasteiger partial charge in [-0.15, -0.1) is 4.83 Å². The molecule has 0 saturated carbocycles. The fourth-order valence-electron chi connectivity index (χ4n) is 2.44. The Balaban J connectivity index is 2.10. The van der Waals surface area contributed by atoms with Gasteiger partial charge in [0.15, 0.2) is 0 Å². The number of amides is 1. The first-order valence-electron chi connectivity index (χ1n) is 6.88. The molecule has 1 aliphatic rings. The van der Waals surface area contributed by atoms with Crippen molar-refractivity contribution < 1.29 is 13.2 Å². The Kier molecular flexibility index (Phi) is 4.44. The maximum atomic E-state index is 12.7. The van der Waals surface area contributed by atoms with Gasteiger partial charge < -0.3 is 5.32 Å². The van der Waals surface area contributed by atoms with E-state index in [2.05, 4.69) is 10.1 Å². The molecule has 1 aliphatic heterocycles. The van der Waals surface area contributed by atoms with Crippen LogP contribution in [0.1, 0.15) is 22.1 Å². The van der Waals surface area contributed by atoms with E-state index in [1.807, 2.05) is 0 Å². The molecule has 0 saturated heterocycles. The summed E-state index contributed by atoms with van der Waals surface area (Å²) in [4.78, 5) is 15.0. The van der Waals surface area contributed by atoms with Gasteiger partial charge in [-0.3, -0.25) is 4.79 Å². The highest BCUT2D eigenvalue weighted by atomic mass is 35.5. The van der Waals surface area contributed by atoms with Crippen LogP contribution in [0.2, 0.25) is 10.0 Å². The van der Waals surface area contributed by atoms with Crippen molar-refractivity contribution in [3.8, 4) is 0 Å². The number of para-hydroxylation sites is 1. The van der Waals surface area contributed by atoms with Gasteiger partial charge in [-0.25, -0.2) is 13.4 Å². The van der Waals surface area contributed by atoms with E-state index in [0.29, 0.717) is 26.9 Å². The van der Waals surface area contributed by atoms with Crippen LogP contribution in [-0.4, -0.2) is 25.6 Å². The molecule has 0 unspecified atom stereocenters. The number of benzene rings is 2. The van der Waals surface area contributed by atoms with Gasteiger partial charge in [0.05, 0.1) is 21.9 Å². The lowest BCUT2D eigenvalue weighted by Crippen LogP contribution is -2.52. The fourth-order valence-corrected chi connectivity index (χ4v) is 3.29. The molecule has 0 spiro atoms. The van der Waals surface area contributed by atoms with E-state index in [4.69, 9.17) is 23.2 Å². The summed E-state index contributed by atoms with van der Waals surface area (Å²) in [5.41, 5.74) is 1.55. The van der Waals surface area contributed by atoms with Gasteiger partial charge in [0.1, 0.15) is 6.17 Å². The number of carbonyl (C=O) groups is 1. The molecule has 1 atom stereocenters. The molecule has 24 heavy (non-hydrogen) atoms. The van der Waals surface area contributed by atoms with Crippen LogP contribution in [0.4, 0.5) is 5.69 Å². The number of nitrogens with one attached hydrogen (secondary N) is 2. The summed E-state index contributed by atoms with van der Waals surface area (Å²) in [7, 11) is -3.66. The number of anilines is 1. The Morgan fingerprint density at radius 1 is 1.12 bits per heavy atom. The largest absolute Gasteiger partial charge is 0.360 e. The smallest absolute Gasteiger partial charge is 0.273 e. The Hall–Kier alpha value is -1.80. The number of nitrogens with zero attached hydrogens (tertiary/aromatic N) is 1. The lowest BCUT2D eigenvalue weighted by Gasteiger charge is -2.37. The van der Waals surface area contributed by atoms with Gasteiger partial charge in [0.25, 0.3) is 5.91 Å². The molecule has 0 radical (unpaired) electrons. The summed E-state index contributed by atoms with van der Waals surface area (Å²) in [6, 6.07) is 11.7. The Morgan fingerprint density at radius 2 is 1.83 bits per heavy atom. The van der Waals surface area contributed by atoms with Gasteiger partial charge in [0.2, 0.25) is 10.0 Å². The topological polar surface area (TPSA) is 78.5 Å². The van der Waals surface area contributed by atoms with E-state index >= 15 is 0 Å². The van der Waals surface area contributed by atoms with Gasteiger partial charge in [0, 0.05) is 5.69 Å². The quantitative estimate of drug-likeness (QED) is 0.850. The second kappa shape index (κ2) is 6.25. The number of hydrogen-bond acceptors (Lipinski definition) is 4. The van der Waals surface area contributed by atoms with Crippen molar-refractivity contribution in [3.63, 3.8) is 0 Å². The molecule has 6 nitrogen and oxygen atoms in total. The monoisotopic (exact) mass is 385 g/mol. The van der Waals surface area contributed by atoms with Crippen molar-refractivity contribution in [1.82, 2.24) is 9.84 Å². The predicted molar refractivity (Wildman–Crippen MR) is 93.4 cm³/mol. The van der Waals surface area contributed by atoms with Crippen molar-refractivity contribution >= 4 is 44.8 Å². The number of halogens is 2. The molecule has 2 aromatic carbocycles. The highest BCUT2D eigenvalue weighted by molar-refractivity contribution is 7.88. The second-order valence-corrected chi connectivity index (χ2v) is 7.85. The molecule has 2 N–H and O–H groups in total. The Morgan fingerprint density at radius 3 is 2.50 bits per heavy atom. The van der Waals surface area contributed by atoms with E-state index in [-0.39, 0.29) is 0 Å². The molecule has 1 amide bonds. The van der Waals surface area contributed by atoms with Crippen molar-refractivity contribution in [3.05, 3.63) is 63.6 Å². The minimum absolute atomic E-state index is 0.307. The number of hydrazine groups is 1.